The van der Waals surface area contributed by atoms with Gasteiger partial charge in [-0.3, -0.25) is 9.59 Å². The number of aryl methyl sites for hydroxylation is 1. The fourth-order valence-electron chi connectivity index (χ4n) is 3.44. The van der Waals surface area contributed by atoms with Crippen LogP contribution in [-0.4, -0.2) is 65.2 Å². The standard InChI is InChI=1S/C19H30N6O2S/c1-3-8-15-13-17(27)25-18(21-15)28-19(22-25)23(2)14-16(26)20-9-12-24-10-6-4-5-7-11-24/h13H,3-12,14H2,1-2H3,(H,20,26). The maximum atomic E-state index is 12.3. The van der Waals surface area contributed by atoms with Gasteiger partial charge in [0.05, 0.1) is 6.54 Å². The van der Waals surface area contributed by atoms with E-state index in [1.807, 2.05) is 7.05 Å². The van der Waals surface area contributed by atoms with Crippen molar-refractivity contribution < 1.29 is 4.79 Å². The van der Waals surface area contributed by atoms with E-state index in [-0.39, 0.29) is 18.0 Å². The van der Waals surface area contributed by atoms with Gasteiger partial charge in [0, 0.05) is 31.9 Å². The highest BCUT2D eigenvalue weighted by Crippen LogP contribution is 2.20. The number of nitrogens with one attached hydrogen (secondary N) is 1. The van der Waals surface area contributed by atoms with Crippen molar-refractivity contribution in [1.82, 2.24) is 24.8 Å². The normalized spacial score (nSPS) is 15.5. The summed E-state index contributed by atoms with van der Waals surface area (Å²) in [7, 11) is 1.81. The lowest BCUT2D eigenvalue weighted by molar-refractivity contribution is -0.119. The number of likely N-dealkylation sites (N-methyl/N-ethyl adjacent to an activating group) is 1. The summed E-state index contributed by atoms with van der Waals surface area (Å²) in [6.45, 7) is 6.08. The first-order valence-corrected chi connectivity index (χ1v) is 11.0. The second kappa shape index (κ2) is 9.97. The van der Waals surface area contributed by atoms with Crippen LogP contribution in [0.5, 0.6) is 0 Å². The summed E-state index contributed by atoms with van der Waals surface area (Å²) >= 11 is 1.33. The van der Waals surface area contributed by atoms with E-state index in [2.05, 4.69) is 27.2 Å². The van der Waals surface area contributed by atoms with Crippen LogP contribution >= 0.6 is 11.3 Å². The van der Waals surface area contributed by atoms with Crippen LogP contribution in [0.15, 0.2) is 10.9 Å². The Kier molecular flexibility index (Phi) is 7.38. The first kappa shape index (κ1) is 20.7. The fourth-order valence-corrected chi connectivity index (χ4v) is 4.32. The molecular weight excluding hydrogens is 376 g/mol. The largest absolute Gasteiger partial charge is 0.353 e. The molecule has 2 aromatic rings. The molecule has 3 rings (SSSR count). The van der Waals surface area contributed by atoms with Crippen LogP contribution < -0.4 is 15.8 Å². The SMILES string of the molecule is CCCc1cc(=O)n2nc(N(C)CC(=O)NCCN3CCCCCC3)sc2n1. The average molecular weight is 407 g/mol. The van der Waals surface area contributed by atoms with E-state index in [1.54, 1.807) is 4.90 Å². The van der Waals surface area contributed by atoms with Crippen molar-refractivity contribution in [3.63, 3.8) is 0 Å². The molecule has 1 amide bonds. The van der Waals surface area contributed by atoms with Crippen LogP contribution in [0, 0.1) is 0 Å². The van der Waals surface area contributed by atoms with Crippen LogP contribution in [0.4, 0.5) is 5.13 Å². The molecular formula is C19H30N6O2S. The van der Waals surface area contributed by atoms with Gasteiger partial charge in [0.25, 0.3) is 5.56 Å². The fraction of sp³-hybridized carbons (Fsp3) is 0.684. The van der Waals surface area contributed by atoms with E-state index in [1.165, 1.54) is 47.6 Å². The number of carbonyl (C=O) groups excluding carboxylic acids is 1. The number of fused-ring (bicyclic) bond motifs is 1. The second-order valence-electron chi connectivity index (χ2n) is 7.38. The summed E-state index contributed by atoms with van der Waals surface area (Å²) in [5.41, 5.74) is 0.614. The van der Waals surface area contributed by atoms with Gasteiger partial charge in [-0.1, -0.05) is 37.5 Å². The molecule has 2 aromatic heterocycles. The van der Waals surface area contributed by atoms with Crippen molar-refractivity contribution >= 4 is 27.3 Å². The van der Waals surface area contributed by atoms with Gasteiger partial charge in [-0.15, -0.1) is 5.10 Å². The van der Waals surface area contributed by atoms with Gasteiger partial charge in [-0.25, -0.2) is 4.98 Å². The molecule has 0 spiro atoms. The van der Waals surface area contributed by atoms with Gasteiger partial charge in [0.15, 0.2) is 0 Å². The zero-order chi connectivity index (χ0) is 19.9. The smallest absolute Gasteiger partial charge is 0.275 e. The van der Waals surface area contributed by atoms with Gasteiger partial charge in [0.2, 0.25) is 16.0 Å². The van der Waals surface area contributed by atoms with E-state index < -0.39 is 0 Å². The van der Waals surface area contributed by atoms with Crippen molar-refractivity contribution in [2.75, 3.05) is 44.7 Å². The Morgan fingerprint density at radius 3 is 2.75 bits per heavy atom. The topological polar surface area (TPSA) is 82.8 Å². The van der Waals surface area contributed by atoms with E-state index >= 15 is 0 Å². The Hall–Kier alpha value is -2.00. The van der Waals surface area contributed by atoms with Crippen LogP contribution in [0.3, 0.4) is 0 Å². The lowest BCUT2D eigenvalue weighted by atomic mass is 10.2. The molecule has 0 unspecified atom stereocenters. The first-order chi connectivity index (χ1) is 13.6. The Morgan fingerprint density at radius 2 is 2.04 bits per heavy atom. The Labute approximate surface area is 169 Å². The highest BCUT2D eigenvalue weighted by molar-refractivity contribution is 7.20. The molecule has 0 aliphatic carbocycles. The minimum absolute atomic E-state index is 0.0384. The number of aromatic nitrogens is 3. The van der Waals surface area contributed by atoms with Crippen LogP contribution in [0.2, 0.25) is 0 Å². The molecule has 1 N–H and O–H groups in total. The van der Waals surface area contributed by atoms with Crippen molar-refractivity contribution in [1.29, 1.82) is 0 Å². The molecule has 0 bridgehead atoms. The van der Waals surface area contributed by atoms with Gasteiger partial charge >= 0.3 is 0 Å². The highest BCUT2D eigenvalue weighted by Gasteiger charge is 2.15. The van der Waals surface area contributed by atoms with Gasteiger partial charge < -0.3 is 15.1 Å². The van der Waals surface area contributed by atoms with E-state index in [9.17, 15) is 9.59 Å². The van der Waals surface area contributed by atoms with Gasteiger partial charge in [-0.05, 0) is 32.4 Å². The summed E-state index contributed by atoms with van der Waals surface area (Å²) in [4.78, 5) is 33.8. The summed E-state index contributed by atoms with van der Waals surface area (Å²) < 4.78 is 1.31. The Balaban J connectivity index is 1.53. The number of hydrogen-bond acceptors (Lipinski definition) is 7. The first-order valence-electron chi connectivity index (χ1n) is 10.2. The molecule has 3 heterocycles. The number of amides is 1. The summed E-state index contributed by atoms with van der Waals surface area (Å²) in [5, 5.41) is 7.93. The average Bonchev–Trinajstić information content (AvgIpc) is 2.92. The molecule has 9 heteroatoms. The summed E-state index contributed by atoms with van der Waals surface area (Å²) in [5.74, 6) is -0.0384. The third-order valence-electron chi connectivity index (χ3n) is 4.95. The quantitative estimate of drug-likeness (QED) is 0.716. The number of rotatable bonds is 8. The Morgan fingerprint density at radius 1 is 1.29 bits per heavy atom. The zero-order valence-corrected chi connectivity index (χ0v) is 17.6. The molecule has 0 radical (unpaired) electrons. The number of carbonyl (C=O) groups is 1. The van der Waals surface area contributed by atoms with Crippen molar-refractivity contribution in [3.8, 4) is 0 Å². The minimum Gasteiger partial charge on any atom is -0.353 e. The van der Waals surface area contributed by atoms with Crippen molar-refractivity contribution in [3.05, 3.63) is 22.1 Å². The van der Waals surface area contributed by atoms with Crippen LogP contribution in [0.1, 0.15) is 44.7 Å². The van der Waals surface area contributed by atoms with Crippen LogP contribution in [-0.2, 0) is 11.2 Å². The third kappa shape index (κ3) is 5.51. The predicted molar refractivity (Wildman–Crippen MR) is 112 cm³/mol. The molecule has 1 aliphatic heterocycles. The maximum Gasteiger partial charge on any atom is 0.275 e. The van der Waals surface area contributed by atoms with Crippen molar-refractivity contribution in [2.24, 2.45) is 0 Å². The van der Waals surface area contributed by atoms with Gasteiger partial charge in [-0.2, -0.15) is 4.52 Å². The molecule has 0 aromatic carbocycles. The molecule has 154 valence electrons. The Bertz CT molecular complexity index is 841. The molecule has 0 atom stereocenters. The van der Waals surface area contributed by atoms with E-state index in [0.717, 1.165) is 38.2 Å². The number of anilines is 1. The van der Waals surface area contributed by atoms with Crippen molar-refractivity contribution in [2.45, 2.75) is 45.4 Å². The summed E-state index contributed by atoms with van der Waals surface area (Å²) in [6.07, 6.45) is 6.84. The lowest BCUT2D eigenvalue weighted by Gasteiger charge is -2.20. The van der Waals surface area contributed by atoms with E-state index in [4.69, 9.17) is 0 Å². The number of hydrogen-bond donors (Lipinski definition) is 1. The highest BCUT2D eigenvalue weighted by atomic mass is 32.1. The molecule has 28 heavy (non-hydrogen) atoms. The number of nitrogens with zero attached hydrogens (tertiary/aromatic N) is 5. The second-order valence-corrected chi connectivity index (χ2v) is 8.31. The molecule has 0 saturated carbocycles. The third-order valence-corrected chi connectivity index (χ3v) is 5.97. The van der Waals surface area contributed by atoms with Gasteiger partial charge in [0.1, 0.15) is 0 Å². The minimum atomic E-state index is -0.175. The summed E-state index contributed by atoms with van der Waals surface area (Å²) in [6, 6.07) is 1.54. The number of likely N-dealkylation sites (tertiary alicyclic amines) is 1. The lowest BCUT2D eigenvalue weighted by Crippen LogP contribution is -2.40. The molecule has 1 fully saturated rings. The molecule has 1 saturated heterocycles. The molecule has 8 nitrogen and oxygen atoms in total. The predicted octanol–water partition coefficient (Wildman–Crippen LogP) is 1.53. The maximum absolute atomic E-state index is 12.3. The van der Waals surface area contributed by atoms with E-state index in [0.29, 0.717) is 16.6 Å². The van der Waals surface area contributed by atoms with Crippen LogP contribution in [0.25, 0.3) is 4.96 Å². The monoisotopic (exact) mass is 406 g/mol. The zero-order valence-electron chi connectivity index (χ0n) is 16.8. The molecule has 1 aliphatic rings.